The van der Waals surface area contributed by atoms with Crippen molar-refractivity contribution in [3.63, 3.8) is 0 Å². The Morgan fingerprint density at radius 3 is 3.00 bits per heavy atom. The second-order valence-corrected chi connectivity index (χ2v) is 3.00. The Hall–Kier alpha value is -1.50. The largest absolute Gasteiger partial charge is 0.480 e. The van der Waals surface area contributed by atoms with Crippen molar-refractivity contribution in [1.82, 2.24) is 20.2 Å². The predicted molar refractivity (Wildman–Crippen MR) is 50.4 cm³/mol. The Balaban J connectivity index is 2.64. The predicted octanol–water partition coefficient (Wildman–Crippen LogP) is -0.102. The lowest BCUT2D eigenvalue weighted by Crippen LogP contribution is -2.20. The molecule has 1 aromatic rings. The van der Waals surface area contributed by atoms with Gasteiger partial charge in [0.05, 0.1) is 6.61 Å². The number of ether oxygens (including phenoxy) is 1. The summed E-state index contributed by atoms with van der Waals surface area (Å²) in [5.74, 6) is -0.432. The number of aliphatic carboxylic acids is 1. The number of rotatable bonds is 6. The first-order chi connectivity index (χ1) is 7.16. The van der Waals surface area contributed by atoms with Gasteiger partial charge in [0.2, 0.25) is 0 Å². The zero-order chi connectivity index (χ0) is 11.3. The molecule has 0 aliphatic rings. The van der Waals surface area contributed by atoms with E-state index in [0.29, 0.717) is 25.5 Å². The smallest absolute Gasteiger partial charge is 0.328 e. The van der Waals surface area contributed by atoms with Crippen molar-refractivity contribution in [3.8, 4) is 0 Å². The third kappa shape index (κ3) is 2.98. The molecule has 1 unspecified atom stereocenters. The fraction of sp³-hybridized carbons (Fsp3) is 0.750. The van der Waals surface area contributed by atoms with Crippen molar-refractivity contribution in [1.29, 1.82) is 0 Å². The summed E-state index contributed by atoms with van der Waals surface area (Å²) < 4.78 is 6.44. The van der Waals surface area contributed by atoms with E-state index in [9.17, 15) is 4.79 Å². The number of hydrogen-bond acceptors (Lipinski definition) is 5. The molecule has 0 saturated heterocycles. The first kappa shape index (κ1) is 11.6. The molecule has 0 aromatic carbocycles. The average Bonchev–Trinajstić information content (AvgIpc) is 2.65. The summed E-state index contributed by atoms with van der Waals surface area (Å²) >= 11 is 0. The molecule has 0 saturated carbocycles. The number of carboxylic acid groups (broad SMARTS) is 1. The fourth-order valence-corrected chi connectivity index (χ4v) is 1.09. The summed E-state index contributed by atoms with van der Waals surface area (Å²) in [6.45, 7) is 4.53. The molecular formula is C8H14N4O3. The van der Waals surface area contributed by atoms with Gasteiger partial charge in [-0.1, -0.05) is 0 Å². The highest BCUT2D eigenvalue weighted by molar-refractivity contribution is 5.71. The van der Waals surface area contributed by atoms with Gasteiger partial charge in [0, 0.05) is 13.0 Å². The van der Waals surface area contributed by atoms with Gasteiger partial charge in [-0.15, -0.1) is 5.10 Å². The number of aromatic nitrogens is 4. The Morgan fingerprint density at radius 2 is 2.40 bits per heavy atom. The van der Waals surface area contributed by atoms with Crippen LogP contribution in [0.5, 0.6) is 0 Å². The number of hydrogen-bond donors (Lipinski definition) is 1. The molecule has 1 rings (SSSR count). The van der Waals surface area contributed by atoms with Crippen LogP contribution in [0, 0.1) is 0 Å². The maximum absolute atomic E-state index is 10.7. The molecule has 1 aromatic heterocycles. The topological polar surface area (TPSA) is 90.1 Å². The SMILES string of the molecule is CCOCCc1nnnn1C(C)C(=O)O. The molecule has 15 heavy (non-hydrogen) atoms. The molecule has 1 atom stereocenters. The molecule has 1 heterocycles. The highest BCUT2D eigenvalue weighted by Gasteiger charge is 2.18. The summed E-state index contributed by atoms with van der Waals surface area (Å²) in [5.41, 5.74) is 0. The van der Waals surface area contributed by atoms with Crippen LogP contribution in [0.2, 0.25) is 0 Å². The van der Waals surface area contributed by atoms with E-state index in [1.807, 2.05) is 6.92 Å². The minimum absolute atomic E-state index is 0.489. The molecule has 0 aliphatic heterocycles. The molecule has 7 nitrogen and oxygen atoms in total. The molecule has 0 aliphatic carbocycles. The lowest BCUT2D eigenvalue weighted by Gasteiger charge is -2.08. The standard InChI is InChI=1S/C8H14N4O3/c1-3-15-5-4-7-9-10-11-12(7)6(2)8(13)14/h6H,3-5H2,1-2H3,(H,13,14). The summed E-state index contributed by atoms with van der Waals surface area (Å²) in [4.78, 5) is 10.7. The van der Waals surface area contributed by atoms with E-state index in [-0.39, 0.29) is 0 Å². The van der Waals surface area contributed by atoms with E-state index in [4.69, 9.17) is 9.84 Å². The van der Waals surface area contributed by atoms with E-state index >= 15 is 0 Å². The highest BCUT2D eigenvalue weighted by Crippen LogP contribution is 2.06. The van der Waals surface area contributed by atoms with Crippen molar-refractivity contribution < 1.29 is 14.6 Å². The van der Waals surface area contributed by atoms with Crippen LogP contribution in [-0.4, -0.2) is 44.5 Å². The van der Waals surface area contributed by atoms with E-state index < -0.39 is 12.0 Å². The monoisotopic (exact) mass is 214 g/mol. The van der Waals surface area contributed by atoms with Gasteiger partial charge >= 0.3 is 5.97 Å². The number of nitrogens with zero attached hydrogens (tertiary/aromatic N) is 4. The van der Waals surface area contributed by atoms with Crippen LogP contribution in [0.1, 0.15) is 25.7 Å². The quantitative estimate of drug-likeness (QED) is 0.665. The first-order valence-corrected chi connectivity index (χ1v) is 4.74. The van der Waals surface area contributed by atoms with Crippen molar-refractivity contribution in [2.24, 2.45) is 0 Å². The second kappa shape index (κ2) is 5.40. The molecule has 1 N–H and O–H groups in total. The van der Waals surface area contributed by atoms with Crippen LogP contribution >= 0.6 is 0 Å². The molecular weight excluding hydrogens is 200 g/mol. The molecule has 0 amide bonds. The van der Waals surface area contributed by atoms with Crippen molar-refractivity contribution in [2.75, 3.05) is 13.2 Å². The van der Waals surface area contributed by atoms with Gasteiger partial charge in [-0.3, -0.25) is 0 Å². The molecule has 0 spiro atoms. The normalized spacial score (nSPS) is 12.7. The van der Waals surface area contributed by atoms with E-state index in [1.165, 1.54) is 11.6 Å². The molecule has 0 bridgehead atoms. The van der Waals surface area contributed by atoms with Gasteiger partial charge in [-0.05, 0) is 24.3 Å². The zero-order valence-corrected chi connectivity index (χ0v) is 8.75. The number of carboxylic acids is 1. The van der Waals surface area contributed by atoms with Crippen molar-refractivity contribution >= 4 is 5.97 Å². The average molecular weight is 214 g/mol. The molecule has 7 heteroatoms. The second-order valence-electron chi connectivity index (χ2n) is 3.00. The maximum atomic E-state index is 10.7. The third-order valence-corrected chi connectivity index (χ3v) is 1.96. The van der Waals surface area contributed by atoms with Gasteiger partial charge in [-0.2, -0.15) is 0 Å². The zero-order valence-electron chi connectivity index (χ0n) is 8.75. The van der Waals surface area contributed by atoms with Crippen LogP contribution < -0.4 is 0 Å². The highest BCUT2D eigenvalue weighted by atomic mass is 16.5. The Kier molecular flexibility index (Phi) is 4.17. The van der Waals surface area contributed by atoms with Crippen molar-refractivity contribution in [2.45, 2.75) is 26.3 Å². The van der Waals surface area contributed by atoms with Crippen molar-refractivity contribution in [3.05, 3.63) is 5.82 Å². The van der Waals surface area contributed by atoms with E-state index in [2.05, 4.69) is 15.5 Å². The maximum Gasteiger partial charge on any atom is 0.328 e. The Morgan fingerprint density at radius 1 is 1.67 bits per heavy atom. The van der Waals surface area contributed by atoms with Crippen LogP contribution in [0.25, 0.3) is 0 Å². The van der Waals surface area contributed by atoms with E-state index in [1.54, 1.807) is 0 Å². The van der Waals surface area contributed by atoms with Gasteiger partial charge in [0.25, 0.3) is 0 Å². The third-order valence-electron chi connectivity index (χ3n) is 1.96. The fourth-order valence-electron chi connectivity index (χ4n) is 1.09. The minimum atomic E-state index is -0.958. The van der Waals surface area contributed by atoms with Crippen LogP contribution in [0.3, 0.4) is 0 Å². The summed E-state index contributed by atoms with van der Waals surface area (Å²) in [7, 11) is 0. The van der Waals surface area contributed by atoms with Gasteiger partial charge in [-0.25, -0.2) is 9.48 Å². The van der Waals surface area contributed by atoms with Crippen LogP contribution in [0.4, 0.5) is 0 Å². The first-order valence-electron chi connectivity index (χ1n) is 4.74. The lowest BCUT2D eigenvalue weighted by molar-refractivity contribution is -0.140. The van der Waals surface area contributed by atoms with Crippen LogP contribution in [-0.2, 0) is 16.0 Å². The van der Waals surface area contributed by atoms with Crippen LogP contribution in [0.15, 0.2) is 0 Å². The Bertz CT molecular complexity index is 325. The molecule has 0 fully saturated rings. The lowest BCUT2D eigenvalue weighted by atomic mass is 10.3. The van der Waals surface area contributed by atoms with Gasteiger partial charge in [0.1, 0.15) is 6.04 Å². The Labute approximate surface area is 87.0 Å². The van der Waals surface area contributed by atoms with Gasteiger partial charge in [0.15, 0.2) is 5.82 Å². The summed E-state index contributed by atoms with van der Waals surface area (Å²) in [6.07, 6.45) is 0.512. The number of carbonyl (C=O) groups is 1. The van der Waals surface area contributed by atoms with E-state index in [0.717, 1.165) is 0 Å². The molecule has 0 radical (unpaired) electrons. The number of tetrazole rings is 1. The minimum Gasteiger partial charge on any atom is -0.480 e. The summed E-state index contributed by atoms with van der Waals surface area (Å²) in [5, 5.41) is 19.6. The van der Waals surface area contributed by atoms with Gasteiger partial charge < -0.3 is 9.84 Å². The summed E-state index contributed by atoms with van der Waals surface area (Å²) in [6, 6.07) is -0.753. The molecule has 84 valence electrons.